The molecule has 0 amide bonds. The number of nitrogens with zero attached hydrogens (tertiary/aromatic N) is 2. The van der Waals surface area contributed by atoms with Gasteiger partial charge in [-0.3, -0.25) is 5.43 Å². The topological polar surface area (TPSA) is 112 Å². The molecule has 1 aromatic rings. The fourth-order valence-corrected chi connectivity index (χ4v) is 0.832. The molecular weight excluding hydrogens is 319 g/mol. The number of hydrogen-bond donors (Lipinski definition) is 3. The number of carboxylic acids is 2. The van der Waals surface area contributed by atoms with Crippen LogP contribution in [0.3, 0.4) is 0 Å². The van der Waals surface area contributed by atoms with Gasteiger partial charge in [0, 0.05) is 6.20 Å². The van der Waals surface area contributed by atoms with Gasteiger partial charge in [0.2, 0.25) is 0 Å². The average Bonchev–Trinajstić information content (AvgIpc) is 2.37. The molecule has 0 fully saturated rings. The van der Waals surface area contributed by atoms with Gasteiger partial charge in [-0.25, -0.2) is 14.6 Å². The van der Waals surface area contributed by atoms with Gasteiger partial charge in [0.15, 0.2) is 5.82 Å². The number of rotatable bonds is 2. The minimum absolute atomic E-state index is 0.0859. The summed E-state index contributed by atoms with van der Waals surface area (Å²) in [6.07, 6.45) is -3.05. The Morgan fingerprint density at radius 1 is 1.33 bits per heavy atom. The lowest BCUT2D eigenvalue weighted by atomic mass is 10.4. The molecule has 0 spiro atoms. The van der Waals surface area contributed by atoms with Gasteiger partial charge in [-0.1, -0.05) is 11.6 Å². The van der Waals surface area contributed by atoms with E-state index in [1.807, 2.05) is 0 Å². The summed E-state index contributed by atoms with van der Waals surface area (Å²) < 4.78 is 36.1. The summed E-state index contributed by atoms with van der Waals surface area (Å²) in [5, 5.41) is 18.1. The van der Waals surface area contributed by atoms with Gasteiger partial charge in [-0.05, 0) is 19.1 Å². The summed E-state index contributed by atoms with van der Waals surface area (Å²) in [7, 11) is 0. The number of halogens is 4. The number of hydrogen-bond acceptors (Lipinski definition) is 5. The Balaban J connectivity index is 0.000000567. The fourth-order valence-electron chi connectivity index (χ4n) is 0.668. The largest absolute Gasteiger partial charge is 0.473 e. The SMILES string of the molecule is CC(=NNc1ncccc1Cl)C(F)(F)F.O=C(O)C(=O)O. The molecule has 0 aliphatic heterocycles. The third kappa shape index (κ3) is 7.72. The zero-order valence-corrected chi connectivity index (χ0v) is 11.1. The smallest absolute Gasteiger partial charge is 0.430 e. The summed E-state index contributed by atoms with van der Waals surface area (Å²) in [6.45, 7) is 0.851. The molecule has 1 rings (SSSR count). The van der Waals surface area contributed by atoms with Crippen LogP contribution >= 0.6 is 11.6 Å². The molecule has 0 saturated carbocycles. The zero-order valence-electron chi connectivity index (χ0n) is 10.3. The molecule has 1 heterocycles. The first-order valence-corrected chi connectivity index (χ1v) is 5.37. The van der Waals surface area contributed by atoms with Crippen LogP contribution < -0.4 is 5.43 Å². The van der Waals surface area contributed by atoms with E-state index in [1.165, 1.54) is 12.3 Å². The second-order valence-electron chi connectivity index (χ2n) is 3.25. The van der Waals surface area contributed by atoms with Crippen molar-refractivity contribution < 1.29 is 33.0 Å². The summed E-state index contributed by atoms with van der Waals surface area (Å²) in [5.74, 6) is -3.56. The van der Waals surface area contributed by atoms with E-state index in [4.69, 9.17) is 31.4 Å². The number of anilines is 1. The van der Waals surface area contributed by atoms with Crippen molar-refractivity contribution in [2.24, 2.45) is 5.10 Å². The maximum absolute atomic E-state index is 12.0. The van der Waals surface area contributed by atoms with Crippen LogP contribution in [0.1, 0.15) is 6.92 Å². The van der Waals surface area contributed by atoms with Crippen LogP contribution in [0.5, 0.6) is 0 Å². The zero-order chi connectivity index (χ0) is 16.6. The summed E-state index contributed by atoms with van der Waals surface area (Å²) in [6, 6.07) is 3.06. The molecular formula is C10H9ClF3N3O4. The summed E-state index contributed by atoms with van der Waals surface area (Å²) in [5.41, 5.74) is 1.15. The summed E-state index contributed by atoms with van der Waals surface area (Å²) >= 11 is 5.65. The van der Waals surface area contributed by atoms with Crippen LogP contribution in [-0.2, 0) is 9.59 Å². The first-order valence-electron chi connectivity index (χ1n) is 5.00. The molecule has 116 valence electrons. The number of aromatic nitrogens is 1. The highest BCUT2D eigenvalue weighted by Crippen LogP contribution is 2.20. The quantitative estimate of drug-likeness (QED) is 0.436. The van der Waals surface area contributed by atoms with E-state index in [9.17, 15) is 13.2 Å². The van der Waals surface area contributed by atoms with E-state index in [0.29, 0.717) is 0 Å². The van der Waals surface area contributed by atoms with Crippen LogP contribution in [-0.4, -0.2) is 39.0 Å². The van der Waals surface area contributed by atoms with Crippen LogP contribution in [0, 0.1) is 0 Å². The highest BCUT2D eigenvalue weighted by atomic mass is 35.5. The molecule has 1 aromatic heterocycles. The maximum atomic E-state index is 12.0. The van der Waals surface area contributed by atoms with Crippen molar-refractivity contribution in [1.82, 2.24) is 4.98 Å². The molecule has 0 radical (unpaired) electrons. The van der Waals surface area contributed by atoms with E-state index >= 15 is 0 Å². The number of aliphatic carboxylic acids is 2. The van der Waals surface area contributed by atoms with Gasteiger partial charge in [-0.15, -0.1) is 0 Å². The lowest BCUT2D eigenvalue weighted by Crippen LogP contribution is -2.20. The van der Waals surface area contributed by atoms with E-state index in [1.54, 1.807) is 6.07 Å². The van der Waals surface area contributed by atoms with Crippen molar-refractivity contribution in [3.05, 3.63) is 23.4 Å². The average molecular weight is 328 g/mol. The van der Waals surface area contributed by atoms with Crippen molar-refractivity contribution in [3.63, 3.8) is 0 Å². The van der Waals surface area contributed by atoms with Gasteiger partial charge in [0.25, 0.3) is 0 Å². The van der Waals surface area contributed by atoms with Crippen LogP contribution in [0.2, 0.25) is 5.02 Å². The van der Waals surface area contributed by atoms with Crippen LogP contribution in [0.15, 0.2) is 23.4 Å². The van der Waals surface area contributed by atoms with Gasteiger partial charge < -0.3 is 10.2 Å². The second-order valence-corrected chi connectivity index (χ2v) is 3.66. The van der Waals surface area contributed by atoms with E-state index in [-0.39, 0.29) is 10.8 Å². The van der Waals surface area contributed by atoms with Crippen molar-refractivity contribution in [3.8, 4) is 0 Å². The van der Waals surface area contributed by atoms with Gasteiger partial charge in [-0.2, -0.15) is 18.3 Å². The van der Waals surface area contributed by atoms with E-state index in [0.717, 1.165) is 6.92 Å². The monoisotopic (exact) mass is 327 g/mol. The number of carboxylic acid groups (broad SMARTS) is 2. The molecule has 3 N–H and O–H groups in total. The minimum atomic E-state index is -4.45. The standard InChI is InChI=1S/C8H7ClF3N3.C2H2O4/c1-5(8(10,11)12)14-15-7-6(9)3-2-4-13-7;3-1(4)2(5)6/h2-4H,1H3,(H,13,15);(H,3,4)(H,5,6). The van der Waals surface area contributed by atoms with Gasteiger partial charge in [0.05, 0.1) is 5.02 Å². The first-order chi connectivity index (χ1) is 9.55. The molecule has 11 heteroatoms. The third-order valence-corrected chi connectivity index (χ3v) is 1.99. The first kappa shape index (κ1) is 18.6. The lowest BCUT2D eigenvalue weighted by molar-refractivity contribution is -0.159. The fraction of sp³-hybridized carbons (Fsp3) is 0.200. The second kappa shape index (κ2) is 8.04. The Hall–Kier alpha value is -2.36. The molecule has 0 bridgehead atoms. The molecule has 21 heavy (non-hydrogen) atoms. The van der Waals surface area contributed by atoms with Gasteiger partial charge >= 0.3 is 18.1 Å². The van der Waals surface area contributed by atoms with Crippen molar-refractivity contribution in [2.45, 2.75) is 13.1 Å². The molecule has 0 aromatic carbocycles. The molecule has 0 atom stereocenters. The Labute approximate surface area is 121 Å². The molecule has 0 unspecified atom stereocenters. The summed E-state index contributed by atoms with van der Waals surface area (Å²) in [4.78, 5) is 21.9. The van der Waals surface area contributed by atoms with Crippen molar-refractivity contribution in [1.29, 1.82) is 0 Å². The van der Waals surface area contributed by atoms with Crippen LogP contribution in [0.25, 0.3) is 0 Å². The highest BCUT2D eigenvalue weighted by molar-refractivity contribution is 6.32. The number of hydrazone groups is 1. The molecule has 7 nitrogen and oxygen atoms in total. The number of pyridine rings is 1. The Morgan fingerprint density at radius 2 is 1.86 bits per heavy atom. The normalized spacial score (nSPS) is 11.2. The van der Waals surface area contributed by atoms with Crippen molar-refractivity contribution in [2.75, 3.05) is 5.43 Å². The lowest BCUT2D eigenvalue weighted by Gasteiger charge is -2.06. The molecule has 0 aliphatic carbocycles. The molecule has 0 aliphatic rings. The number of alkyl halides is 3. The van der Waals surface area contributed by atoms with Gasteiger partial charge in [0.1, 0.15) is 5.71 Å². The van der Waals surface area contributed by atoms with E-state index in [2.05, 4.69) is 15.5 Å². The highest BCUT2D eigenvalue weighted by Gasteiger charge is 2.32. The predicted molar refractivity (Wildman–Crippen MR) is 67.3 cm³/mol. The number of nitrogens with one attached hydrogen (secondary N) is 1. The van der Waals surface area contributed by atoms with E-state index < -0.39 is 23.8 Å². The third-order valence-electron chi connectivity index (χ3n) is 1.68. The Morgan fingerprint density at radius 3 is 2.24 bits per heavy atom. The molecule has 0 saturated heterocycles. The Kier molecular flexibility index (Phi) is 7.14. The predicted octanol–water partition coefficient (Wildman–Crippen LogP) is 2.24. The number of carbonyl (C=O) groups is 2. The van der Waals surface area contributed by atoms with Crippen molar-refractivity contribution >= 4 is 35.1 Å². The Bertz CT molecular complexity index is 537. The maximum Gasteiger partial charge on any atom is 0.430 e. The minimum Gasteiger partial charge on any atom is -0.473 e. The van der Waals surface area contributed by atoms with Crippen LogP contribution in [0.4, 0.5) is 19.0 Å².